The van der Waals surface area contributed by atoms with E-state index in [4.69, 9.17) is 4.74 Å². The molecule has 8 heteroatoms. The molecular weight excluding hydrogens is 362 g/mol. The van der Waals surface area contributed by atoms with Crippen LogP contribution in [0, 0.1) is 10.1 Å². The van der Waals surface area contributed by atoms with Crippen LogP contribution in [0.25, 0.3) is 16.9 Å². The number of esters is 1. The predicted molar refractivity (Wildman–Crippen MR) is 102 cm³/mol. The van der Waals surface area contributed by atoms with Gasteiger partial charge in [0.2, 0.25) is 0 Å². The maximum atomic E-state index is 12.4. The molecule has 0 atom stereocenters. The third kappa shape index (κ3) is 3.52. The molecule has 3 rings (SSSR count). The van der Waals surface area contributed by atoms with Gasteiger partial charge in [-0.1, -0.05) is 30.3 Å². The van der Waals surface area contributed by atoms with Crippen LogP contribution >= 0.6 is 0 Å². The molecule has 0 unspecified atom stereocenters. The van der Waals surface area contributed by atoms with Gasteiger partial charge >= 0.3 is 5.97 Å². The van der Waals surface area contributed by atoms with E-state index in [9.17, 15) is 19.7 Å². The van der Waals surface area contributed by atoms with Crippen molar-refractivity contribution >= 4 is 17.4 Å². The van der Waals surface area contributed by atoms with Crippen LogP contribution in [0.5, 0.6) is 0 Å². The fraction of sp³-hybridized carbons (Fsp3) is 0.150. The summed E-state index contributed by atoms with van der Waals surface area (Å²) >= 11 is 0. The lowest BCUT2D eigenvalue weighted by Gasteiger charge is -2.09. The molecule has 0 N–H and O–H groups in total. The molecule has 28 heavy (non-hydrogen) atoms. The fourth-order valence-corrected chi connectivity index (χ4v) is 2.86. The van der Waals surface area contributed by atoms with Crippen molar-refractivity contribution in [2.45, 2.75) is 13.8 Å². The second kappa shape index (κ2) is 7.83. The number of hydrogen-bond donors (Lipinski definition) is 0. The molecule has 0 radical (unpaired) electrons. The summed E-state index contributed by atoms with van der Waals surface area (Å²) < 4.78 is 6.49. The van der Waals surface area contributed by atoms with Crippen molar-refractivity contribution in [1.82, 2.24) is 9.78 Å². The van der Waals surface area contributed by atoms with E-state index in [1.165, 1.54) is 35.9 Å². The first-order chi connectivity index (χ1) is 13.4. The lowest BCUT2D eigenvalue weighted by molar-refractivity contribution is -0.384. The summed E-state index contributed by atoms with van der Waals surface area (Å²) in [7, 11) is 0. The average molecular weight is 379 g/mol. The van der Waals surface area contributed by atoms with Crippen LogP contribution in [0.15, 0.2) is 54.6 Å². The molecule has 3 aromatic rings. The topological polar surface area (TPSA) is 104 Å². The van der Waals surface area contributed by atoms with Crippen molar-refractivity contribution < 1.29 is 19.2 Å². The first-order valence-corrected chi connectivity index (χ1v) is 8.55. The van der Waals surface area contributed by atoms with Crippen LogP contribution in [-0.2, 0) is 4.74 Å². The van der Waals surface area contributed by atoms with Gasteiger partial charge in [-0.15, -0.1) is 0 Å². The number of benzene rings is 2. The molecule has 0 amide bonds. The quantitative estimate of drug-likeness (QED) is 0.279. The maximum absolute atomic E-state index is 12.4. The molecule has 142 valence electrons. The molecule has 0 saturated heterocycles. The Kier molecular flexibility index (Phi) is 5.30. The standard InChI is InChI=1S/C20H17N3O5/c1-3-28-20(25)18-17(13(2)24)19(14-7-5-4-6-8-14)22(21-18)15-9-11-16(12-10-15)23(26)27/h4-12H,3H2,1-2H3. The van der Waals surface area contributed by atoms with E-state index in [1.54, 1.807) is 31.2 Å². The highest BCUT2D eigenvalue weighted by Gasteiger charge is 2.28. The van der Waals surface area contributed by atoms with E-state index in [2.05, 4.69) is 5.10 Å². The smallest absolute Gasteiger partial charge is 0.359 e. The monoisotopic (exact) mass is 379 g/mol. The largest absolute Gasteiger partial charge is 0.461 e. The van der Waals surface area contributed by atoms with Gasteiger partial charge in [-0.2, -0.15) is 5.10 Å². The Morgan fingerprint density at radius 1 is 1.11 bits per heavy atom. The molecule has 0 saturated carbocycles. The Labute approximate surface area is 160 Å². The SMILES string of the molecule is CCOC(=O)c1nn(-c2ccc([N+](=O)[O-])cc2)c(-c2ccccc2)c1C(C)=O. The Morgan fingerprint density at radius 3 is 2.29 bits per heavy atom. The average Bonchev–Trinajstić information content (AvgIpc) is 3.10. The molecule has 1 heterocycles. The molecule has 1 aromatic heterocycles. The number of carbonyl (C=O) groups is 2. The minimum absolute atomic E-state index is 0.0745. The number of nitrogens with zero attached hydrogens (tertiary/aromatic N) is 3. The number of rotatable bonds is 6. The molecule has 0 bridgehead atoms. The van der Waals surface area contributed by atoms with Crippen LogP contribution in [0.3, 0.4) is 0 Å². The highest BCUT2D eigenvalue weighted by atomic mass is 16.6. The highest BCUT2D eigenvalue weighted by Crippen LogP contribution is 2.30. The minimum Gasteiger partial charge on any atom is -0.461 e. The normalized spacial score (nSPS) is 10.5. The van der Waals surface area contributed by atoms with Gasteiger partial charge in [0.1, 0.15) is 0 Å². The molecule has 0 fully saturated rings. The number of ketones is 1. The molecule has 0 spiro atoms. The zero-order valence-electron chi connectivity index (χ0n) is 15.3. The van der Waals surface area contributed by atoms with Crippen LogP contribution in [0.1, 0.15) is 34.7 Å². The first-order valence-electron chi connectivity index (χ1n) is 8.55. The van der Waals surface area contributed by atoms with Gasteiger partial charge in [0.15, 0.2) is 11.5 Å². The Balaban J connectivity index is 2.28. The van der Waals surface area contributed by atoms with Crippen LogP contribution in [0.4, 0.5) is 5.69 Å². The van der Waals surface area contributed by atoms with E-state index in [1.807, 2.05) is 6.07 Å². The van der Waals surface area contributed by atoms with Gasteiger partial charge in [-0.3, -0.25) is 14.9 Å². The van der Waals surface area contributed by atoms with Crippen molar-refractivity contribution in [2.24, 2.45) is 0 Å². The van der Waals surface area contributed by atoms with Crippen molar-refractivity contribution in [3.05, 3.63) is 76.0 Å². The minimum atomic E-state index is -0.703. The van der Waals surface area contributed by atoms with Crippen molar-refractivity contribution in [1.29, 1.82) is 0 Å². The predicted octanol–water partition coefficient (Wildman–Crippen LogP) is 3.83. The molecular formula is C20H17N3O5. The van der Waals surface area contributed by atoms with E-state index in [0.717, 1.165) is 0 Å². The van der Waals surface area contributed by atoms with Crippen molar-refractivity contribution in [3.63, 3.8) is 0 Å². The van der Waals surface area contributed by atoms with Crippen molar-refractivity contribution in [3.8, 4) is 16.9 Å². The fourth-order valence-electron chi connectivity index (χ4n) is 2.86. The Bertz CT molecular complexity index is 1040. The summed E-state index contributed by atoms with van der Waals surface area (Å²) in [6.07, 6.45) is 0. The number of Topliss-reactive ketones (excluding diaryl/α,β-unsaturated/α-hetero) is 1. The van der Waals surface area contributed by atoms with Gasteiger partial charge in [0.05, 0.1) is 28.5 Å². The van der Waals surface area contributed by atoms with Crippen molar-refractivity contribution in [2.75, 3.05) is 6.61 Å². The summed E-state index contributed by atoms with van der Waals surface area (Å²) in [5.74, 6) is -1.04. The van der Waals surface area contributed by atoms with Gasteiger partial charge in [-0.25, -0.2) is 9.48 Å². The zero-order chi connectivity index (χ0) is 20.3. The van der Waals surface area contributed by atoms with E-state index in [0.29, 0.717) is 16.9 Å². The molecule has 0 aliphatic rings. The van der Waals surface area contributed by atoms with E-state index < -0.39 is 10.9 Å². The number of non-ortho nitro benzene ring substituents is 1. The molecule has 8 nitrogen and oxygen atoms in total. The maximum Gasteiger partial charge on any atom is 0.359 e. The summed E-state index contributed by atoms with van der Waals surface area (Å²) in [6.45, 7) is 3.16. The number of nitro benzene ring substituents is 1. The number of carbonyl (C=O) groups excluding carboxylic acids is 2. The second-order valence-corrected chi connectivity index (χ2v) is 5.90. The third-order valence-corrected chi connectivity index (χ3v) is 4.06. The van der Waals surface area contributed by atoms with Crippen LogP contribution in [0.2, 0.25) is 0 Å². The summed E-state index contributed by atoms with van der Waals surface area (Å²) in [5.41, 5.74) is 1.55. The lowest BCUT2D eigenvalue weighted by atomic mass is 10.0. The molecule has 2 aromatic carbocycles. The number of hydrogen-bond acceptors (Lipinski definition) is 6. The molecule has 0 aliphatic carbocycles. The van der Waals surface area contributed by atoms with Crippen LogP contribution < -0.4 is 0 Å². The summed E-state index contributed by atoms with van der Waals surface area (Å²) in [4.78, 5) is 35.2. The summed E-state index contributed by atoms with van der Waals surface area (Å²) in [6, 6.07) is 14.7. The molecule has 0 aliphatic heterocycles. The third-order valence-electron chi connectivity index (χ3n) is 4.06. The number of ether oxygens (including phenoxy) is 1. The zero-order valence-corrected chi connectivity index (χ0v) is 15.3. The van der Waals surface area contributed by atoms with Gasteiger partial charge < -0.3 is 4.74 Å². The van der Waals surface area contributed by atoms with Crippen LogP contribution in [-0.4, -0.2) is 33.1 Å². The number of nitro groups is 1. The summed E-state index contributed by atoms with van der Waals surface area (Å²) in [5, 5.41) is 15.2. The van der Waals surface area contributed by atoms with E-state index >= 15 is 0 Å². The second-order valence-electron chi connectivity index (χ2n) is 5.90. The van der Waals surface area contributed by atoms with E-state index in [-0.39, 0.29) is 29.3 Å². The van der Waals surface area contributed by atoms with Gasteiger partial charge in [0.25, 0.3) is 5.69 Å². The lowest BCUT2D eigenvalue weighted by Crippen LogP contribution is -2.10. The Hall–Kier alpha value is -3.81. The van der Waals surface area contributed by atoms with Gasteiger partial charge in [-0.05, 0) is 26.0 Å². The number of aromatic nitrogens is 2. The first kappa shape index (κ1) is 19.0. The Morgan fingerprint density at radius 2 is 1.75 bits per heavy atom. The highest BCUT2D eigenvalue weighted by molar-refractivity contribution is 6.08. The van der Waals surface area contributed by atoms with Gasteiger partial charge in [0, 0.05) is 17.7 Å².